The monoisotopic (exact) mass is 540 g/mol. The summed E-state index contributed by atoms with van der Waals surface area (Å²) >= 11 is 0. The number of carboxylic acids is 1. The lowest BCUT2D eigenvalue weighted by atomic mass is 10.0. The number of nitrogens with zero attached hydrogens (tertiary/aromatic N) is 2. The summed E-state index contributed by atoms with van der Waals surface area (Å²) in [5.41, 5.74) is 22.4. The number of imidazole rings is 1. The van der Waals surface area contributed by atoms with Gasteiger partial charge in [-0.3, -0.25) is 19.4 Å². The second-order valence-corrected chi connectivity index (χ2v) is 8.80. The van der Waals surface area contributed by atoms with Gasteiger partial charge in [0, 0.05) is 24.9 Å². The maximum absolute atomic E-state index is 13.2. The van der Waals surface area contributed by atoms with Gasteiger partial charge in [0.2, 0.25) is 17.7 Å². The molecule has 16 heteroatoms. The molecule has 0 saturated carbocycles. The van der Waals surface area contributed by atoms with Gasteiger partial charge in [0.25, 0.3) is 0 Å². The molecular weight excluding hydrogens is 500 g/mol. The molecule has 0 fully saturated rings. The number of H-pyrrole nitrogens is 1. The van der Waals surface area contributed by atoms with Crippen molar-refractivity contribution in [2.75, 3.05) is 13.1 Å². The fraction of sp³-hybridized carbons (Fsp3) is 0.636. The Hall–Kier alpha value is -3.76. The van der Waals surface area contributed by atoms with E-state index in [0.29, 0.717) is 25.1 Å². The number of hydrogen-bond donors (Lipinski definition) is 10. The minimum absolute atomic E-state index is 0.0647. The van der Waals surface area contributed by atoms with Crippen LogP contribution in [0.25, 0.3) is 0 Å². The predicted molar refractivity (Wildman–Crippen MR) is 138 cm³/mol. The number of amides is 3. The number of aromatic nitrogens is 2. The van der Waals surface area contributed by atoms with Crippen molar-refractivity contribution < 1.29 is 29.4 Å². The summed E-state index contributed by atoms with van der Waals surface area (Å²) in [6, 6.07) is -4.81. The number of aliphatic hydroxyl groups excluding tert-OH is 1. The first-order valence-electron chi connectivity index (χ1n) is 12.3. The molecule has 0 aromatic carbocycles. The molecule has 0 aliphatic carbocycles. The molecule has 214 valence electrons. The Morgan fingerprint density at radius 1 is 1.00 bits per heavy atom. The quantitative estimate of drug-likeness (QED) is 0.0492. The van der Waals surface area contributed by atoms with Crippen LogP contribution in [0, 0.1) is 0 Å². The average Bonchev–Trinajstić information content (AvgIpc) is 3.37. The van der Waals surface area contributed by atoms with E-state index in [9.17, 15) is 29.4 Å². The number of aromatic amines is 1. The predicted octanol–water partition coefficient (Wildman–Crippen LogP) is -3.62. The SMILES string of the molecule is CC(O)C(N)C(=O)NC(CCCCN)C(=O)NC(CCCN=C(N)N)C(=O)NC(Cc1cnc[nH]1)C(=O)O. The number of carbonyl (C=O) groups is 4. The third kappa shape index (κ3) is 12.0. The number of nitrogens with one attached hydrogen (secondary N) is 4. The number of rotatable bonds is 18. The van der Waals surface area contributed by atoms with Gasteiger partial charge >= 0.3 is 5.97 Å². The molecule has 1 heterocycles. The third-order valence-corrected chi connectivity index (χ3v) is 5.57. The van der Waals surface area contributed by atoms with Crippen molar-refractivity contribution in [2.45, 2.75) is 75.7 Å². The van der Waals surface area contributed by atoms with E-state index in [1.54, 1.807) is 0 Å². The number of unbranched alkanes of at least 4 members (excludes halogenated alkanes) is 1. The minimum Gasteiger partial charge on any atom is -0.480 e. The Balaban J connectivity index is 3.04. The van der Waals surface area contributed by atoms with Gasteiger partial charge in [-0.05, 0) is 45.6 Å². The normalized spacial score (nSPS) is 14.8. The first-order chi connectivity index (χ1) is 18.0. The highest BCUT2D eigenvalue weighted by Gasteiger charge is 2.31. The van der Waals surface area contributed by atoms with Gasteiger partial charge in [-0.2, -0.15) is 0 Å². The molecule has 16 nitrogen and oxygen atoms in total. The van der Waals surface area contributed by atoms with Gasteiger partial charge < -0.3 is 54.1 Å². The molecule has 5 unspecified atom stereocenters. The van der Waals surface area contributed by atoms with Gasteiger partial charge in [-0.1, -0.05) is 0 Å². The molecule has 5 atom stereocenters. The third-order valence-electron chi connectivity index (χ3n) is 5.57. The average molecular weight is 541 g/mol. The smallest absolute Gasteiger partial charge is 0.326 e. The van der Waals surface area contributed by atoms with Crippen LogP contribution >= 0.6 is 0 Å². The van der Waals surface area contributed by atoms with Crippen LogP contribution in [0.3, 0.4) is 0 Å². The van der Waals surface area contributed by atoms with Crippen molar-refractivity contribution in [3.05, 3.63) is 18.2 Å². The first-order valence-corrected chi connectivity index (χ1v) is 12.3. The van der Waals surface area contributed by atoms with Crippen molar-refractivity contribution in [3.63, 3.8) is 0 Å². The molecule has 0 aliphatic heterocycles. The molecule has 1 aromatic rings. The Kier molecular flexibility index (Phi) is 14.3. The fourth-order valence-electron chi connectivity index (χ4n) is 3.38. The second-order valence-electron chi connectivity index (χ2n) is 8.80. The summed E-state index contributed by atoms with van der Waals surface area (Å²) < 4.78 is 0. The van der Waals surface area contributed by atoms with Crippen LogP contribution in [0.15, 0.2) is 17.5 Å². The van der Waals surface area contributed by atoms with Crippen LogP contribution in [0.2, 0.25) is 0 Å². The number of carboxylic acid groups (broad SMARTS) is 1. The number of nitrogens with two attached hydrogens (primary N) is 4. The molecule has 1 rings (SSSR count). The van der Waals surface area contributed by atoms with Gasteiger partial charge in [-0.25, -0.2) is 9.78 Å². The molecule has 14 N–H and O–H groups in total. The van der Waals surface area contributed by atoms with E-state index in [2.05, 4.69) is 30.9 Å². The highest BCUT2D eigenvalue weighted by molar-refractivity contribution is 5.94. The highest BCUT2D eigenvalue weighted by Crippen LogP contribution is 2.07. The summed E-state index contributed by atoms with van der Waals surface area (Å²) in [5, 5.41) is 26.7. The van der Waals surface area contributed by atoms with E-state index < -0.39 is 54.0 Å². The summed E-state index contributed by atoms with van der Waals surface area (Å²) in [4.78, 5) is 60.9. The molecule has 0 radical (unpaired) electrons. The van der Waals surface area contributed by atoms with Crippen molar-refractivity contribution >= 4 is 29.7 Å². The van der Waals surface area contributed by atoms with Crippen LogP contribution in [0.1, 0.15) is 44.7 Å². The molecule has 0 spiro atoms. The minimum atomic E-state index is -1.30. The van der Waals surface area contributed by atoms with Gasteiger partial charge in [-0.15, -0.1) is 0 Å². The highest BCUT2D eigenvalue weighted by atomic mass is 16.4. The van der Waals surface area contributed by atoms with Crippen LogP contribution in [0.4, 0.5) is 0 Å². The van der Waals surface area contributed by atoms with Crippen LogP contribution in [-0.4, -0.2) is 93.2 Å². The molecular formula is C22H40N10O6. The topological polar surface area (TPSA) is 290 Å². The molecule has 1 aromatic heterocycles. The maximum Gasteiger partial charge on any atom is 0.326 e. The van der Waals surface area contributed by atoms with E-state index in [1.807, 2.05) is 0 Å². The molecule has 0 bridgehead atoms. The Labute approximate surface area is 220 Å². The second kappa shape index (κ2) is 16.9. The number of aliphatic hydroxyl groups is 1. The van der Waals surface area contributed by atoms with E-state index in [1.165, 1.54) is 19.4 Å². The fourth-order valence-corrected chi connectivity index (χ4v) is 3.38. The molecule has 38 heavy (non-hydrogen) atoms. The van der Waals surface area contributed by atoms with Crippen molar-refractivity contribution in [1.82, 2.24) is 25.9 Å². The molecule has 3 amide bonds. The summed E-state index contributed by atoms with van der Waals surface area (Å²) in [5.74, 6) is -3.60. The maximum atomic E-state index is 13.2. The number of aliphatic imine (C=N–C) groups is 1. The zero-order chi connectivity index (χ0) is 28.7. The largest absolute Gasteiger partial charge is 0.480 e. The lowest BCUT2D eigenvalue weighted by Gasteiger charge is -2.25. The Bertz CT molecular complexity index is 920. The van der Waals surface area contributed by atoms with E-state index in [4.69, 9.17) is 22.9 Å². The zero-order valence-electron chi connectivity index (χ0n) is 21.4. The van der Waals surface area contributed by atoms with E-state index in [0.717, 1.165) is 0 Å². The number of carbonyl (C=O) groups excluding carboxylic acids is 3. The van der Waals surface area contributed by atoms with Crippen LogP contribution < -0.4 is 38.9 Å². The van der Waals surface area contributed by atoms with Gasteiger partial charge in [0.05, 0.1) is 12.4 Å². The van der Waals surface area contributed by atoms with Gasteiger partial charge in [0.15, 0.2) is 5.96 Å². The lowest BCUT2D eigenvalue weighted by molar-refractivity contribution is -0.142. The standard InChI is InChI=1S/C22H40N10O6/c1-12(33)17(24)20(36)31-14(5-2-3-7-23)18(34)30-15(6-4-8-28-22(25)26)19(35)32-16(21(37)38)9-13-10-27-11-29-13/h10-12,14-17,33H,2-9,23-24H2,1H3,(H,27,29)(H,30,34)(H,31,36)(H,32,35)(H,37,38)(H4,25,26,28). The van der Waals surface area contributed by atoms with Crippen molar-refractivity contribution in [1.29, 1.82) is 0 Å². The van der Waals surface area contributed by atoms with Gasteiger partial charge in [0.1, 0.15) is 24.2 Å². The summed E-state index contributed by atoms with van der Waals surface area (Å²) in [6.07, 6.45) is 3.22. The summed E-state index contributed by atoms with van der Waals surface area (Å²) in [6.45, 7) is 1.88. The Morgan fingerprint density at radius 2 is 1.58 bits per heavy atom. The van der Waals surface area contributed by atoms with Crippen molar-refractivity contribution in [3.8, 4) is 0 Å². The molecule has 0 saturated heterocycles. The van der Waals surface area contributed by atoms with Crippen LogP contribution in [0.5, 0.6) is 0 Å². The zero-order valence-corrected chi connectivity index (χ0v) is 21.4. The van der Waals surface area contributed by atoms with Crippen molar-refractivity contribution in [2.24, 2.45) is 27.9 Å². The molecule has 0 aliphatic rings. The van der Waals surface area contributed by atoms with Crippen LogP contribution in [-0.2, 0) is 25.6 Å². The van der Waals surface area contributed by atoms with E-state index >= 15 is 0 Å². The van der Waals surface area contributed by atoms with E-state index in [-0.39, 0.29) is 38.2 Å². The number of guanidine groups is 1. The Morgan fingerprint density at radius 3 is 2.08 bits per heavy atom. The number of hydrogen-bond acceptors (Lipinski definition) is 9. The lowest BCUT2D eigenvalue weighted by Crippen LogP contribution is -2.58. The number of aliphatic carboxylic acids is 1. The first kappa shape index (κ1) is 32.3. The summed E-state index contributed by atoms with van der Waals surface area (Å²) in [7, 11) is 0.